The first-order chi connectivity index (χ1) is 11.6. The quantitative estimate of drug-likeness (QED) is 0.916. The lowest BCUT2D eigenvalue weighted by Crippen LogP contribution is -2.45. The Morgan fingerprint density at radius 2 is 2.21 bits per heavy atom. The summed E-state index contributed by atoms with van der Waals surface area (Å²) < 4.78 is 5.76. The minimum atomic E-state index is 0.140. The molecular weight excluding hydrogens is 302 g/mol. The van der Waals surface area contributed by atoms with Crippen molar-refractivity contribution in [1.82, 2.24) is 9.88 Å². The second kappa shape index (κ2) is 7.62. The Hall–Kier alpha value is -2.14. The topological polar surface area (TPSA) is 72.4 Å². The summed E-state index contributed by atoms with van der Waals surface area (Å²) in [4.78, 5) is 18.7. The number of benzene rings is 1. The highest BCUT2D eigenvalue weighted by atomic mass is 16.4. The summed E-state index contributed by atoms with van der Waals surface area (Å²) in [6.07, 6.45) is 4.84. The number of amides is 1. The summed E-state index contributed by atoms with van der Waals surface area (Å²) in [5.74, 6) is 1.94. The molecule has 5 heteroatoms. The van der Waals surface area contributed by atoms with Gasteiger partial charge in [0.05, 0.1) is 6.20 Å². The maximum Gasteiger partial charge on any atom is 0.223 e. The molecule has 128 valence electrons. The first-order valence-corrected chi connectivity index (χ1v) is 8.67. The molecule has 0 bridgehead atoms. The molecule has 3 rings (SSSR count). The fraction of sp³-hybridized carbons (Fsp3) is 0.474. The predicted molar refractivity (Wildman–Crippen MR) is 93.2 cm³/mol. The first-order valence-electron chi connectivity index (χ1n) is 8.67. The number of carbonyl (C=O) groups excluding carboxylic acids is 1. The van der Waals surface area contributed by atoms with E-state index in [0.717, 1.165) is 37.3 Å². The zero-order chi connectivity index (χ0) is 16.9. The molecule has 1 aromatic heterocycles. The van der Waals surface area contributed by atoms with Gasteiger partial charge in [-0.1, -0.05) is 30.3 Å². The van der Waals surface area contributed by atoms with Crippen molar-refractivity contribution in [3.63, 3.8) is 0 Å². The van der Waals surface area contributed by atoms with E-state index in [2.05, 4.69) is 4.98 Å². The van der Waals surface area contributed by atoms with Crippen LogP contribution in [0.25, 0.3) is 11.3 Å². The van der Waals surface area contributed by atoms with Crippen molar-refractivity contribution in [3.8, 4) is 11.3 Å². The minimum Gasteiger partial charge on any atom is -0.441 e. The molecule has 1 aliphatic heterocycles. The summed E-state index contributed by atoms with van der Waals surface area (Å²) in [5, 5.41) is 0. The number of nitrogens with two attached hydrogens (primary N) is 1. The lowest BCUT2D eigenvalue weighted by molar-refractivity contribution is -0.133. The van der Waals surface area contributed by atoms with E-state index < -0.39 is 0 Å². The van der Waals surface area contributed by atoms with Crippen LogP contribution in [0, 0.1) is 5.92 Å². The van der Waals surface area contributed by atoms with Crippen LogP contribution in [0.2, 0.25) is 0 Å². The second-order valence-corrected chi connectivity index (χ2v) is 6.59. The predicted octanol–water partition coefficient (Wildman–Crippen LogP) is 2.86. The van der Waals surface area contributed by atoms with Crippen LogP contribution < -0.4 is 5.73 Å². The second-order valence-electron chi connectivity index (χ2n) is 6.59. The number of piperidine rings is 1. The average Bonchev–Trinajstić information content (AvgIpc) is 3.09. The molecular formula is C19H25N3O2. The molecule has 0 radical (unpaired) electrons. The van der Waals surface area contributed by atoms with Crippen LogP contribution in [0.1, 0.15) is 32.1 Å². The van der Waals surface area contributed by atoms with Gasteiger partial charge in [0.25, 0.3) is 0 Å². The van der Waals surface area contributed by atoms with E-state index in [1.807, 2.05) is 42.2 Å². The molecule has 1 aromatic carbocycles. The van der Waals surface area contributed by atoms with E-state index in [9.17, 15) is 4.79 Å². The third-order valence-corrected chi connectivity index (χ3v) is 4.72. The standard InChI is InChI=1S/C19H25N3O2/c1-14(20)16-8-5-11-22(13-16)19(23)10-9-18-21-12-17(24-18)15-6-3-2-4-7-15/h2-4,6-7,12,14,16H,5,8-11,13,20H2,1H3. The molecule has 1 amide bonds. The third-order valence-electron chi connectivity index (χ3n) is 4.72. The summed E-state index contributed by atoms with van der Waals surface area (Å²) in [5.41, 5.74) is 6.99. The molecule has 24 heavy (non-hydrogen) atoms. The van der Waals surface area contributed by atoms with Gasteiger partial charge in [0.15, 0.2) is 11.7 Å². The maximum absolute atomic E-state index is 12.4. The van der Waals surface area contributed by atoms with Crippen molar-refractivity contribution >= 4 is 5.91 Å². The fourth-order valence-corrected chi connectivity index (χ4v) is 3.20. The van der Waals surface area contributed by atoms with Crippen molar-refractivity contribution in [2.75, 3.05) is 13.1 Å². The molecule has 1 aliphatic rings. The van der Waals surface area contributed by atoms with Gasteiger partial charge in [0.1, 0.15) is 0 Å². The lowest BCUT2D eigenvalue weighted by atomic mass is 9.92. The van der Waals surface area contributed by atoms with Crippen LogP contribution in [0.3, 0.4) is 0 Å². The SMILES string of the molecule is CC(N)C1CCCN(C(=O)CCc2ncc(-c3ccccc3)o2)C1. The van der Waals surface area contributed by atoms with Gasteiger partial charge in [-0.2, -0.15) is 0 Å². The van der Waals surface area contributed by atoms with Crippen LogP contribution in [-0.2, 0) is 11.2 Å². The molecule has 2 heterocycles. The number of aromatic nitrogens is 1. The maximum atomic E-state index is 12.4. The Labute approximate surface area is 142 Å². The molecule has 2 N–H and O–H groups in total. The van der Waals surface area contributed by atoms with E-state index in [1.54, 1.807) is 6.20 Å². The fourth-order valence-electron chi connectivity index (χ4n) is 3.20. The molecule has 5 nitrogen and oxygen atoms in total. The largest absolute Gasteiger partial charge is 0.441 e. The first kappa shape index (κ1) is 16.7. The Morgan fingerprint density at radius 1 is 1.42 bits per heavy atom. The van der Waals surface area contributed by atoms with E-state index >= 15 is 0 Å². The molecule has 0 spiro atoms. The Bertz CT molecular complexity index is 666. The highest BCUT2D eigenvalue weighted by Crippen LogP contribution is 2.22. The van der Waals surface area contributed by atoms with Crippen molar-refractivity contribution in [2.24, 2.45) is 11.7 Å². The Morgan fingerprint density at radius 3 is 2.96 bits per heavy atom. The Kier molecular flexibility index (Phi) is 5.30. The van der Waals surface area contributed by atoms with E-state index in [1.165, 1.54) is 0 Å². The molecule has 0 aliphatic carbocycles. The number of aryl methyl sites for hydroxylation is 1. The number of oxazole rings is 1. The monoisotopic (exact) mass is 327 g/mol. The van der Waals surface area contributed by atoms with Gasteiger partial charge in [-0.3, -0.25) is 4.79 Å². The molecule has 1 saturated heterocycles. The van der Waals surface area contributed by atoms with Crippen LogP contribution in [0.4, 0.5) is 0 Å². The minimum absolute atomic E-state index is 0.140. The molecule has 1 fully saturated rings. The van der Waals surface area contributed by atoms with Crippen molar-refractivity contribution < 1.29 is 9.21 Å². The highest BCUT2D eigenvalue weighted by molar-refractivity contribution is 5.76. The summed E-state index contributed by atoms with van der Waals surface area (Å²) in [6.45, 7) is 3.64. The smallest absolute Gasteiger partial charge is 0.223 e. The van der Waals surface area contributed by atoms with E-state index in [0.29, 0.717) is 24.7 Å². The third kappa shape index (κ3) is 4.03. The van der Waals surface area contributed by atoms with Gasteiger partial charge in [0.2, 0.25) is 5.91 Å². The van der Waals surface area contributed by atoms with Gasteiger partial charge >= 0.3 is 0 Å². The highest BCUT2D eigenvalue weighted by Gasteiger charge is 2.25. The normalized spacial score (nSPS) is 19.2. The van der Waals surface area contributed by atoms with Crippen molar-refractivity contribution in [3.05, 3.63) is 42.4 Å². The zero-order valence-electron chi connectivity index (χ0n) is 14.1. The average molecular weight is 327 g/mol. The number of hydrogen-bond donors (Lipinski definition) is 1. The van der Waals surface area contributed by atoms with Crippen molar-refractivity contribution in [2.45, 2.75) is 38.6 Å². The van der Waals surface area contributed by atoms with Crippen LogP contribution >= 0.6 is 0 Å². The van der Waals surface area contributed by atoms with Gasteiger partial charge in [-0.25, -0.2) is 4.98 Å². The van der Waals surface area contributed by atoms with Gasteiger partial charge in [-0.05, 0) is 25.7 Å². The number of likely N-dealkylation sites (tertiary alicyclic amines) is 1. The Balaban J connectivity index is 1.54. The summed E-state index contributed by atoms with van der Waals surface area (Å²) in [6, 6.07) is 10.0. The summed E-state index contributed by atoms with van der Waals surface area (Å²) >= 11 is 0. The molecule has 0 saturated carbocycles. The van der Waals surface area contributed by atoms with Gasteiger partial charge < -0.3 is 15.1 Å². The van der Waals surface area contributed by atoms with Crippen LogP contribution in [-0.4, -0.2) is 34.9 Å². The number of hydrogen-bond acceptors (Lipinski definition) is 4. The molecule has 2 aromatic rings. The van der Waals surface area contributed by atoms with Gasteiger partial charge in [-0.15, -0.1) is 0 Å². The van der Waals surface area contributed by atoms with Crippen LogP contribution in [0.15, 0.2) is 40.9 Å². The lowest BCUT2D eigenvalue weighted by Gasteiger charge is -2.34. The molecule has 2 unspecified atom stereocenters. The number of nitrogens with zero attached hydrogens (tertiary/aromatic N) is 2. The zero-order valence-corrected chi connectivity index (χ0v) is 14.1. The van der Waals surface area contributed by atoms with E-state index in [-0.39, 0.29) is 11.9 Å². The van der Waals surface area contributed by atoms with E-state index in [4.69, 9.17) is 10.2 Å². The molecule has 2 atom stereocenters. The van der Waals surface area contributed by atoms with Gasteiger partial charge in [0, 0.05) is 37.5 Å². The summed E-state index contributed by atoms with van der Waals surface area (Å²) in [7, 11) is 0. The number of rotatable bonds is 5. The number of carbonyl (C=O) groups is 1. The van der Waals surface area contributed by atoms with Crippen LogP contribution in [0.5, 0.6) is 0 Å². The van der Waals surface area contributed by atoms with Crippen molar-refractivity contribution in [1.29, 1.82) is 0 Å².